The van der Waals surface area contributed by atoms with E-state index in [4.69, 9.17) is 5.73 Å². The Bertz CT molecular complexity index is 608. The van der Waals surface area contributed by atoms with Gasteiger partial charge in [-0.05, 0) is 74.2 Å². The average Bonchev–Trinajstić information content (AvgIpc) is 2.53. The van der Waals surface area contributed by atoms with Crippen molar-refractivity contribution in [1.29, 1.82) is 0 Å². The van der Waals surface area contributed by atoms with Crippen molar-refractivity contribution in [2.24, 2.45) is 0 Å². The van der Waals surface area contributed by atoms with E-state index in [2.05, 4.69) is 30.9 Å². The van der Waals surface area contributed by atoms with Crippen molar-refractivity contribution in [3.8, 4) is 0 Å². The highest BCUT2D eigenvalue weighted by molar-refractivity contribution is 5.47. The Hall–Kier alpha value is -1.87. The first-order valence-electron chi connectivity index (χ1n) is 8.40. The Morgan fingerprint density at radius 1 is 1.00 bits per heavy atom. The second kappa shape index (κ2) is 8.68. The van der Waals surface area contributed by atoms with Crippen molar-refractivity contribution < 1.29 is 4.39 Å². The first-order chi connectivity index (χ1) is 11.1. The maximum Gasteiger partial charge on any atom is 0.123 e. The number of nitrogen functional groups attached to an aromatic ring is 1. The molecule has 0 aliphatic heterocycles. The summed E-state index contributed by atoms with van der Waals surface area (Å²) in [5.41, 5.74) is 10.4. The number of hydrogen-bond acceptors (Lipinski definition) is 2. The molecule has 0 radical (unpaired) electrons. The van der Waals surface area contributed by atoms with E-state index >= 15 is 0 Å². The summed E-state index contributed by atoms with van der Waals surface area (Å²) in [4.78, 5) is 2.48. The largest absolute Gasteiger partial charge is 0.399 e. The van der Waals surface area contributed by atoms with Gasteiger partial charge in [-0.25, -0.2) is 4.39 Å². The minimum atomic E-state index is -0.167. The molecule has 0 fully saturated rings. The lowest BCUT2D eigenvalue weighted by atomic mass is 10.1. The Labute approximate surface area is 139 Å². The third-order valence-electron chi connectivity index (χ3n) is 4.13. The van der Waals surface area contributed by atoms with Gasteiger partial charge in [0, 0.05) is 12.2 Å². The van der Waals surface area contributed by atoms with E-state index < -0.39 is 0 Å². The molecule has 0 saturated carbocycles. The number of anilines is 1. The van der Waals surface area contributed by atoms with E-state index in [1.54, 1.807) is 0 Å². The molecule has 2 aromatic carbocycles. The van der Waals surface area contributed by atoms with Gasteiger partial charge in [0.05, 0.1) is 0 Å². The third-order valence-corrected chi connectivity index (χ3v) is 4.13. The molecule has 2 rings (SSSR count). The highest BCUT2D eigenvalue weighted by atomic mass is 19.1. The fourth-order valence-corrected chi connectivity index (χ4v) is 2.84. The standard InChI is InChI=1S/C20H27FN2/c1-3-12-23(15-18-8-11-20(22)16(2)14-18)13-4-5-17-6-9-19(21)10-7-17/h6-11,14H,3-5,12-13,15,22H2,1-2H3. The lowest BCUT2D eigenvalue weighted by Crippen LogP contribution is -2.25. The zero-order chi connectivity index (χ0) is 16.7. The number of hydrogen-bond donors (Lipinski definition) is 1. The molecule has 0 amide bonds. The molecule has 124 valence electrons. The van der Waals surface area contributed by atoms with Crippen molar-refractivity contribution in [3.63, 3.8) is 0 Å². The average molecular weight is 314 g/mol. The number of benzene rings is 2. The molecule has 0 saturated heterocycles. The van der Waals surface area contributed by atoms with Crippen molar-refractivity contribution >= 4 is 5.69 Å². The summed E-state index contributed by atoms with van der Waals surface area (Å²) in [7, 11) is 0. The molecular formula is C20H27FN2. The van der Waals surface area contributed by atoms with Crippen LogP contribution in [0.25, 0.3) is 0 Å². The minimum absolute atomic E-state index is 0.167. The summed E-state index contributed by atoms with van der Waals surface area (Å²) in [6.45, 7) is 7.36. The maximum atomic E-state index is 12.9. The van der Waals surface area contributed by atoms with E-state index in [0.717, 1.165) is 50.1 Å². The smallest absolute Gasteiger partial charge is 0.123 e. The summed E-state index contributed by atoms with van der Waals surface area (Å²) in [6.07, 6.45) is 3.21. The van der Waals surface area contributed by atoms with Crippen LogP contribution in [0.3, 0.4) is 0 Å². The van der Waals surface area contributed by atoms with Crippen LogP contribution in [0.2, 0.25) is 0 Å². The number of nitrogens with two attached hydrogens (primary N) is 1. The fraction of sp³-hybridized carbons (Fsp3) is 0.400. The molecule has 0 spiro atoms. The molecule has 2 N–H and O–H groups in total. The highest BCUT2D eigenvalue weighted by Gasteiger charge is 2.06. The van der Waals surface area contributed by atoms with Gasteiger partial charge in [0.25, 0.3) is 0 Å². The van der Waals surface area contributed by atoms with E-state index in [9.17, 15) is 4.39 Å². The zero-order valence-electron chi connectivity index (χ0n) is 14.2. The van der Waals surface area contributed by atoms with Crippen molar-refractivity contribution in [3.05, 3.63) is 65.0 Å². The molecule has 0 aromatic heterocycles. The minimum Gasteiger partial charge on any atom is -0.399 e. The maximum absolute atomic E-state index is 12.9. The molecule has 23 heavy (non-hydrogen) atoms. The number of rotatable bonds is 8. The van der Waals surface area contributed by atoms with Crippen LogP contribution < -0.4 is 5.73 Å². The quantitative estimate of drug-likeness (QED) is 0.724. The first-order valence-corrected chi connectivity index (χ1v) is 8.40. The van der Waals surface area contributed by atoms with Crippen LogP contribution in [0.4, 0.5) is 10.1 Å². The second-order valence-electron chi connectivity index (χ2n) is 6.20. The van der Waals surface area contributed by atoms with Gasteiger partial charge in [0.2, 0.25) is 0 Å². The Balaban J connectivity index is 1.87. The van der Waals surface area contributed by atoms with E-state index in [1.807, 2.05) is 18.2 Å². The van der Waals surface area contributed by atoms with E-state index in [-0.39, 0.29) is 5.82 Å². The predicted molar refractivity (Wildman–Crippen MR) is 95.9 cm³/mol. The lowest BCUT2D eigenvalue weighted by molar-refractivity contribution is 0.262. The number of aryl methyl sites for hydroxylation is 2. The molecule has 2 aromatic rings. The molecule has 0 bridgehead atoms. The highest BCUT2D eigenvalue weighted by Crippen LogP contribution is 2.15. The van der Waals surface area contributed by atoms with E-state index in [1.165, 1.54) is 23.3 Å². The summed E-state index contributed by atoms with van der Waals surface area (Å²) in [5.74, 6) is -0.167. The summed E-state index contributed by atoms with van der Waals surface area (Å²) < 4.78 is 12.9. The molecule has 0 aliphatic carbocycles. The van der Waals surface area contributed by atoms with Gasteiger partial charge >= 0.3 is 0 Å². The monoisotopic (exact) mass is 314 g/mol. The van der Waals surface area contributed by atoms with Crippen LogP contribution in [0.5, 0.6) is 0 Å². The van der Waals surface area contributed by atoms with Gasteiger partial charge in [0.15, 0.2) is 0 Å². The van der Waals surface area contributed by atoms with Crippen LogP contribution in [0.15, 0.2) is 42.5 Å². The predicted octanol–water partition coefficient (Wildman–Crippen LogP) is 4.56. The van der Waals surface area contributed by atoms with Gasteiger partial charge in [-0.2, -0.15) is 0 Å². The topological polar surface area (TPSA) is 29.3 Å². The van der Waals surface area contributed by atoms with Crippen LogP contribution in [-0.4, -0.2) is 18.0 Å². The normalized spacial score (nSPS) is 11.1. The molecule has 0 unspecified atom stereocenters. The SMILES string of the molecule is CCCN(CCCc1ccc(F)cc1)Cc1ccc(N)c(C)c1. The Morgan fingerprint density at radius 3 is 2.35 bits per heavy atom. The van der Waals surface area contributed by atoms with Crippen LogP contribution in [-0.2, 0) is 13.0 Å². The van der Waals surface area contributed by atoms with Crippen LogP contribution in [0.1, 0.15) is 36.5 Å². The third kappa shape index (κ3) is 5.68. The van der Waals surface area contributed by atoms with Crippen molar-refractivity contribution in [1.82, 2.24) is 4.90 Å². The van der Waals surface area contributed by atoms with Gasteiger partial charge in [-0.15, -0.1) is 0 Å². The van der Waals surface area contributed by atoms with Crippen LogP contribution in [0, 0.1) is 12.7 Å². The molecular weight excluding hydrogens is 287 g/mol. The van der Waals surface area contributed by atoms with Gasteiger partial charge < -0.3 is 5.73 Å². The summed E-state index contributed by atoms with van der Waals surface area (Å²) >= 11 is 0. The first kappa shape index (κ1) is 17.5. The Kier molecular flexibility index (Phi) is 6.60. The van der Waals surface area contributed by atoms with E-state index in [0.29, 0.717) is 0 Å². The lowest BCUT2D eigenvalue weighted by Gasteiger charge is -2.22. The summed E-state index contributed by atoms with van der Waals surface area (Å²) in [5, 5.41) is 0. The van der Waals surface area contributed by atoms with Crippen molar-refractivity contribution in [2.75, 3.05) is 18.8 Å². The fourth-order valence-electron chi connectivity index (χ4n) is 2.84. The molecule has 2 nitrogen and oxygen atoms in total. The second-order valence-corrected chi connectivity index (χ2v) is 6.20. The Morgan fingerprint density at radius 2 is 1.70 bits per heavy atom. The number of nitrogens with zero attached hydrogens (tertiary/aromatic N) is 1. The van der Waals surface area contributed by atoms with Gasteiger partial charge in [-0.1, -0.05) is 31.2 Å². The summed E-state index contributed by atoms with van der Waals surface area (Å²) in [6, 6.07) is 13.1. The molecule has 0 aliphatic rings. The zero-order valence-corrected chi connectivity index (χ0v) is 14.2. The number of halogens is 1. The molecule has 0 atom stereocenters. The van der Waals surface area contributed by atoms with Gasteiger partial charge in [0.1, 0.15) is 5.82 Å². The molecule has 0 heterocycles. The van der Waals surface area contributed by atoms with Crippen molar-refractivity contribution in [2.45, 2.75) is 39.7 Å². The van der Waals surface area contributed by atoms with Gasteiger partial charge in [-0.3, -0.25) is 4.90 Å². The molecule has 3 heteroatoms. The van der Waals surface area contributed by atoms with Crippen LogP contribution >= 0.6 is 0 Å².